The summed E-state index contributed by atoms with van der Waals surface area (Å²) in [7, 11) is 0. The summed E-state index contributed by atoms with van der Waals surface area (Å²) in [6, 6.07) is 65.5. The first-order chi connectivity index (χ1) is 25.3. The topological polar surface area (TPSA) is 23.0 Å². The van der Waals surface area contributed by atoms with Crippen LogP contribution in [0.1, 0.15) is 0 Å². The summed E-state index contributed by atoms with van der Waals surface area (Å²) < 4.78 is 10.9. The quantitative estimate of drug-likeness (QED) is 0.186. The number of hydrogen-bond acceptors (Lipinski definition) is 1. The van der Waals surface area contributed by atoms with Crippen molar-refractivity contribution in [3.05, 3.63) is 182 Å². The number of hydrogen-bond donors (Lipinski definition) is 0. The molecule has 8 aromatic carbocycles. The lowest BCUT2D eigenvalue weighted by Gasteiger charge is -2.11. The zero-order chi connectivity index (χ0) is 33.5. The Kier molecular flexibility index (Phi) is 5.96. The molecule has 11 rings (SSSR count). The predicted molar refractivity (Wildman–Crippen MR) is 213 cm³/mol. The van der Waals surface area contributed by atoms with E-state index in [2.05, 4.69) is 179 Å². The second-order valence-corrected chi connectivity index (χ2v) is 13.3. The maximum Gasteiger partial charge on any atom is 0.135 e. The first kappa shape index (κ1) is 28.0. The molecule has 0 amide bonds. The SMILES string of the molecule is c1ccc(-c2ccc(-n3c4ccccc4c4c5c6ccccc6n(-c6ccc(-c7ccc8oc9ccccc9c8c7)cc6)c5ccc43)cc2)cc1. The van der Waals surface area contributed by atoms with Gasteiger partial charge >= 0.3 is 0 Å². The fourth-order valence-corrected chi connectivity index (χ4v) is 8.22. The molecule has 0 saturated carbocycles. The van der Waals surface area contributed by atoms with Crippen molar-refractivity contribution >= 4 is 65.6 Å². The van der Waals surface area contributed by atoms with Gasteiger partial charge in [-0.3, -0.25) is 0 Å². The normalized spacial score (nSPS) is 11.9. The molecule has 0 N–H and O–H groups in total. The van der Waals surface area contributed by atoms with Gasteiger partial charge < -0.3 is 13.6 Å². The lowest BCUT2D eigenvalue weighted by Crippen LogP contribution is -1.95. The summed E-state index contributed by atoms with van der Waals surface area (Å²) in [4.78, 5) is 0. The average Bonchev–Trinajstić information content (AvgIpc) is 3.86. The molecule has 0 bridgehead atoms. The number of furan rings is 1. The highest BCUT2D eigenvalue weighted by molar-refractivity contribution is 6.28. The van der Waals surface area contributed by atoms with Gasteiger partial charge in [-0.2, -0.15) is 0 Å². The molecule has 51 heavy (non-hydrogen) atoms. The average molecular weight is 651 g/mol. The van der Waals surface area contributed by atoms with E-state index in [4.69, 9.17) is 4.42 Å². The maximum atomic E-state index is 6.09. The molecule has 0 aliphatic rings. The van der Waals surface area contributed by atoms with E-state index in [-0.39, 0.29) is 0 Å². The van der Waals surface area contributed by atoms with Crippen LogP contribution < -0.4 is 0 Å². The highest BCUT2D eigenvalue weighted by atomic mass is 16.3. The van der Waals surface area contributed by atoms with Gasteiger partial charge in [0.05, 0.1) is 22.1 Å². The number of benzene rings is 8. The van der Waals surface area contributed by atoms with Gasteiger partial charge in [-0.15, -0.1) is 0 Å². The van der Waals surface area contributed by atoms with Crippen LogP contribution in [-0.2, 0) is 0 Å². The fourth-order valence-electron chi connectivity index (χ4n) is 8.22. The number of aromatic nitrogens is 2. The van der Waals surface area contributed by atoms with Crippen LogP contribution in [-0.4, -0.2) is 9.13 Å². The summed E-state index contributed by atoms with van der Waals surface area (Å²) in [6.07, 6.45) is 0. The van der Waals surface area contributed by atoms with Crippen molar-refractivity contribution < 1.29 is 4.42 Å². The molecule has 3 nitrogen and oxygen atoms in total. The van der Waals surface area contributed by atoms with Gasteiger partial charge in [-0.05, 0) is 89.0 Å². The zero-order valence-corrected chi connectivity index (χ0v) is 27.6. The minimum atomic E-state index is 0.915. The largest absolute Gasteiger partial charge is 0.456 e. The zero-order valence-electron chi connectivity index (χ0n) is 27.6. The molecular formula is C48H30N2O. The Morgan fingerprint density at radius 2 is 0.745 bits per heavy atom. The van der Waals surface area contributed by atoms with E-state index in [9.17, 15) is 0 Å². The number of fused-ring (bicyclic) bond motifs is 10. The molecular weight excluding hydrogens is 621 g/mol. The van der Waals surface area contributed by atoms with Crippen LogP contribution >= 0.6 is 0 Å². The molecule has 0 aliphatic carbocycles. The van der Waals surface area contributed by atoms with Crippen molar-refractivity contribution in [2.45, 2.75) is 0 Å². The third-order valence-corrected chi connectivity index (χ3v) is 10.5. The molecule has 0 fully saturated rings. The second-order valence-electron chi connectivity index (χ2n) is 13.3. The van der Waals surface area contributed by atoms with Crippen molar-refractivity contribution in [1.82, 2.24) is 9.13 Å². The molecule has 3 aromatic heterocycles. The van der Waals surface area contributed by atoms with Crippen molar-refractivity contribution in [3.8, 4) is 33.6 Å². The van der Waals surface area contributed by atoms with Crippen LogP contribution in [0.3, 0.4) is 0 Å². The Bertz CT molecular complexity index is 3100. The minimum Gasteiger partial charge on any atom is -0.456 e. The van der Waals surface area contributed by atoms with Gasteiger partial charge in [-0.1, -0.05) is 115 Å². The lowest BCUT2D eigenvalue weighted by atomic mass is 10.0. The summed E-state index contributed by atoms with van der Waals surface area (Å²) in [5.41, 5.74) is 13.7. The van der Waals surface area contributed by atoms with Crippen molar-refractivity contribution in [2.24, 2.45) is 0 Å². The van der Waals surface area contributed by atoms with Crippen LogP contribution in [0.4, 0.5) is 0 Å². The summed E-state index contributed by atoms with van der Waals surface area (Å²) in [6.45, 7) is 0. The van der Waals surface area contributed by atoms with Crippen LogP contribution in [0.15, 0.2) is 186 Å². The van der Waals surface area contributed by atoms with Crippen LogP contribution in [0.2, 0.25) is 0 Å². The Hall–Kier alpha value is -6.84. The van der Waals surface area contributed by atoms with E-state index in [0.29, 0.717) is 0 Å². The van der Waals surface area contributed by atoms with Gasteiger partial charge in [0, 0.05) is 43.7 Å². The van der Waals surface area contributed by atoms with Gasteiger partial charge in [0.15, 0.2) is 0 Å². The summed E-state index contributed by atoms with van der Waals surface area (Å²) >= 11 is 0. The number of para-hydroxylation sites is 3. The molecule has 0 spiro atoms. The molecule has 238 valence electrons. The Balaban J connectivity index is 1.08. The lowest BCUT2D eigenvalue weighted by molar-refractivity contribution is 0.669. The van der Waals surface area contributed by atoms with Crippen molar-refractivity contribution in [3.63, 3.8) is 0 Å². The highest BCUT2D eigenvalue weighted by Gasteiger charge is 2.20. The molecule has 0 aliphatic heterocycles. The van der Waals surface area contributed by atoms with Crippen LogP contribution in [0, 0.1) is 0 Å². The summed E-state index contributed by atoms with van der Waals surface area (Å²) in [5.74, 6) is 0. The molecule has 0 saturated heterocycles. The van der Waals surface area contributed by atoms with E-state index < -0.39 is 0 Å². The smallest absolute Gasteiger partial charge is 0.135 e. The van der Waals surface area contributed by atoms with Gasteiger partial charge in [-0.25, -0.2) is 0 Å². The molecule has 3 heteroatoms. The Morgan fingerprint density at radius 1 is 0.294 bits per heavy atom. The van der Waals surface area contributed by atoms with E-state index in [0.717, 1.165) is 33.3 Å². The van der Waals surface area contributed by atoms with Crippen molar-refractivity contribution in [1.29, 1.82) is 0 Å². The predicted octanol–water partition coefficient (Wildman–Crippen LogP) is 13.1. The monoisotopic (exact) mass is 650 g/mol. The summed E-state index contributed by atoms with van der Waals surface area (Å²) in [5, 5.41) is 7.35. The van der Waals surface area contributed by atoms with E-state index in [1.165, 1.54) is 65.9 Å². The first-order valence-corrected chi connectivity index (χ1v) is 17.4. The van der Waals surface area contributed by atoms with Crippen molar-refractivity contribution in [2.75, 3.05) is 0 Å². The minimum absolute atomic E-state index is 0.915. The number of nitrogens with zero attached hydrogens (tertiary/aromatic N) is 2. The molecule has 0 unspecified atom stereocenters. The Labute approximate surface area is 293 Å². The van der Waals surface area contributed by atoms with Gasteiger partial charge in [0.25, 0.3) is 0 Å². The highest BCUT2D eigenvalue weighted by Crippen LogP contribution is 2.42. The van der Waals surface area contributed by atoms with E-state index in [1.54, 1.807) is 0 Å². The molecule has 11 aromatic rings. The van der Waals surface area contributed by atoms with Crippen LogP contribution in [0.25, 0.3) is 99.2 Å². The van der Waals surface area contributed by atoms with Gasteiger partial charge in [0.2, 0.25) is 0 Å². The van der Waals surface area contributed by atoms with E-state index in [1.807, 2.05) is 12.1 Å². The molecule has 0 atom stereocenters. The Morgan fingerprint density at radius 3 is 1.35 bits per heavy atom. The third kappa shape index (κ3) is 4.19. The van der Waals surface area contributed by atoms with E-state index >= 15 is 0 Å². The number of rotatable bonds is 4. The fraction of sp³-hybridized carbons (Fsp3) is 0. The van der Waals surface area contributed by atoms with Gasteiger partial charge in [0.1, 0.15) is 11.2 Å². The van der Waals surface area contributed by atoms with Crippen LogP contribution in [0.5, 0.6) is 0 Å². The third-order valence-electron chi connectivity index (χ3n) is 10.5. The first-order valence-electron chi connectivity index (χ1n) is 17.4. The second kappa shape index (κ2) is 10.8. The maximum absolute atomic E-state index is 6.09. The molecule has 3 heterocycles. The molecule has 0 radical (unpaired) electrons. The standard InChI is InChI=1S/C48H30N2O/c1-2-10-31(11-3-1)32-18-23-35(24-19-32)49-41-15-7-4-13-38(41)47-43(49)27-28-44-48(47)39-14-5-8-16-42(39)50(44)36-25-20-33(21-26-36)34-22-29-46-40(30-34)37-12-6-9-17-45(37)51-46/h1-30H.